The van der Waals surface area contributed by atoms with Gasteiger partial charge in [-0.2, -0.15) is 0 Å². The number of fused-ring (bicyclic) bond motifs is 7. The fourth-order valence-corrected chi connectivity index (χ4v) is 14.3. The van der Waals surface area contributed by atoms with Gasteiger partial charge in [0.15, 0.2) is 0 Å². The number of benzene rings is 11. The summed E-state index contributed by atoms with van der Waals surface area (Å²) in [4.78, 5) is 5.11. The van der Waals surface area contributed by atoms with E-state index in [1.165, 1.54) is 88.8 Å². The van der Waals surface area contributed by atoms with Crippen LogP contribution in [0.4, 0.5) is 22.7 Å². The molecule has 0 aromatic heterocycles. The Kier molecular flexibility index (Phi) is 12.2. The molecule has 0 bridgehead atoms. The first kappa shape index (κ1) is 49.2. The van der Waals surface area contributed by atoms with Crippen molar-refractivity contribution >= 4 is 58.9 Å². The van der Waals surface area contributed by atoms with E-state index in [9.17, 15) is 0 Å². The van der Waals surface area contributed by atoms with Crippen molar-refractivity contribution in [2.24, 2.45) is 0 Å². The quantitative estimate of drug-likeness (QED) is 0.0899. The zero-order chi connectivity index (χ0) is 54.0. The van der Waals surface area contributed by atoms with Crippen LogP contribution in [0.25, 0.3) is 34.1 Å². The van der Waals surface area contributed by atoms with Gasteiger partial charge in [-0.15, -0.1) is 0 Å². The van der Waals surface area contributed by atoms with Gasteiger partial charge in [0.05, 0.1) is 19.5 Å². The highest BCUT2D eigenvalue weighted by Crippen LogP contribution is 2.60. The third kappa shape index (κ3) is 8.61. The first-order chi connectivity index (χ1) is 39.2. The van der Waals surface area contributed by atoms with Gasteiger partial charge >= 0.3 is 0 Å². The highest BCUT2D eigenvalue weighted by molar-refractivity contribution is 6.88. The molecular formula is C75H62N2O2Si. The topological polar surface area (TPSA) is 24.9 Å². The van der Waals surface area contributed by atoms with Crippen molar-refractivity contribution in [2.75, 3.05) is 9.80 Å². The van der Waals surface area contributed by atoms with E-state index >= 15 is 0 Å². The van der Waals surface area contributed by atoms with Crippen molar-refractivity contribution < 1.29 is 9.47 Å². The highest BCUT2D eigenvalue weighted by Gasteiger charge is 2.48. The summed E-state index contributed by atoms with van der Waals surface area (Å²) >= 11 is 0. The number of para-hydroxylation sites is 2. The van der Waals surface area contributed by atoms with E-state index < -0.39 is 13.5 Å². The fourth-order valence-electron chi connectivity index (χ4n) is 13.2. The second-order valence-corrected chi connectivity index (χ2v) is 27.9. The van der Waals surface area contributed by atoms with Gasteiger partial charge in [-0.3, -0.25) is 0 Å². The first-order valence-corrected chi connectivity index (χ1v) is 31.7. The zero-order valence-corrected chi connectivity index (χ0v) is 46.7. The molecule has 4 nitrogen and oxygen atoms in total. The molecular weight excluding hydrogens is 989 g/mol. The molecule has 2 aliphatic heterocycles. The van der Waals surface area contributed by atoms with Crippen LogP contribution in [0.3, 0.4) is 0 Å². The second-order valence-electron chi connectivity index (χ2n) is 22.9. The van der Waals surface area contributed by atoms with E-state index in [2.05, 4.69) is 243 Å². The SMILES string of the molecule is CC1Cc2cc(Oc3ccccc3)ccc2N1c1cc2c(c3ccccc13)-c1ccc(/C=C/c3ccc(N4c5ccc(Oc6ccccc6)cc5CC4c4ccc([Si](C)(C)C)cc4)cc3)cc1C2(c1ccccc1)c1ccccc1. The van der Waals surface area contributed by atoms with Crippen LogP contribution >= 0.6 is 0 Å². The molecule has 3 aliphatic rings. The highest BCUT2D eigenvalue weighted by atomic mass is 28.3. The van der Waals surface area contributed by atoms with E-state index in [0.29, 0.717) is 0 Å². The molecule has 2 unspecified atom stereocenters. The molecule has 0 saturated carbocycles. The molecule has 0 radical (unpaired) electrons. The van der Waals surface area contributed by atoms with Gasteiger partial charge in [0.2, 0.25) is 0 Å². The molecule has 0 N–H and O–H groups in total. The van der Waals surface area contributed by atoms with E-state index in [4.69, 9.17) is 9.47 Å². The summed E-state index contributed by atoms with van der Waals surface area (Å²) in [5.41, 5.74) is 18.1. The van der Waals surface area contributed by atoms with Crippen LogP contribution in [0.15, 0.2) is 255 Å². The smallest absolute Gasteiger partial charge is 0.127 e. The van der Waals surface area contributed by atoms with Gasteiger partial charge in [-0.25, -0.2) is 0 Å². The Morgan fingerprint density at radius 2 is 0.963 bits per heavy atom. The maximum absolute atomic E-state index is 6.37. The van der Waals surface area contributed by atoms with Gasteiger partial charge in [-0.1, -0.05) is 207 Å². The summed E-state index contributed by atoms with van der Waals surface area (Å²) in [5, 5.41) is 3.98. The molecule has 0 fully saturated rings. The Hall–Kier alpha value is -9.16. The van der Waals surface area contributed by atoms with E-state index in [1.807, 2.05) is 60.7 Å². The Labute approximate surface area is 471 Å². The number of rotatable bonds is 12. The Morgan fingerprint density at radius 3 is 1.56 bits per heavy atom. The molecule has 2 heterocycles. The summed E-state index contributed by atoms with van der Waals surface area (Å²) in [6.45, 7) is 9.61. The molecule has 0 saturated heterocycles. The molecule has 2 atom stereocenters. The number of hydrogen-bond acceptors (Lipinski definition) is 4. The molecule has 1 aliphatic carbocycles. The lowest BCUT2D eigenvalue weighted by Crippen LogP contribution is -2.37. The molecule has 0 amide bonds. The molecule has 0 spiro atoms. The van der Waals surface area contributed by atoms with E-state index in [-0.39, 0.29) is 12.1 Å². The lowest BCUT2D eigenvalue weighted by molar-refractivity contribution is 0.482. The summed E-state index contributed by atoms with van der Waals surface area (Å²) in [7, 11) is -1.46. The normalized spacial score (nSPS) is 15.9. The van der Waals surface area contributed by atoms with E-state index in [1.54, 1.807) is 0 Å². The van der Waals surface area contributed by atoms with Crippen LogP contribution in [0.2, 0.25) is 19.6 Å². The summed E-state index contributed by atoms with van der Waals surface area (Å²) in [5.74, 6) is 3.40. The van der Waals surface area contributed by atoms with Crippen LogP contribution in [0, 0.1) is 0 Å². The van der Waals surface area contributed by atoms with Gasteiger partial charge in [-0.05, 0) is 171 Å². The standard InChI is InChI=1S/C75H62N2O2Si/c1-51-45-55-47-62(78-60-23-13-7-14-24-60)38-43-70(55)76(51)73-50-69-74(66-28-18-17-27-65(66)73)67-42-33-53(46-68(67)75(69,57-19-9-5-10-20-57)58-21-11-6-12-22-58)30-29-52-31-36-59(37-32-52)77-71-44-39-63(79-61-25-15-8-16-26-61)48-56(71)49-72(77)54-34-40-64(41-35-54)80(2,3)4/h5-44,46-48,50-51,72H,45,49H2,1-4H3/b30-29+. The minimum absolute atomic E-state index is 0.148. The monoisotopic (exact) mass is 1050 g/mol. The predicted molar refractivity (Wildman–Crippen MR) is 336 cm³/mol. The van der Waals surface area contributed by atoms with Crippen molar-refractivity contribution in [3.63, 3.8) is 0 Å². The minimum Gasteiger partial charge on any atom is -0.457 e. The van der Waals surface area contributed by atoms with Gasteiger partial charge < -0.3 is 19.3 Å². The van der Waals surface area contributed by atoms with Crippen molar-refractivity contribution in [2.45, 2.75) is 56.9 Å². The fraction of sp³-hybridized carbons (Fsp3) is 0.120. The van der Waals surface area contributed by atoms with Crippen LogP contribution in [0.1, 0.15) is 63.0 Å². The van der Waals surface area contributed by atoms with Crippen LogP contribution in [-0.4, -0.2) is 14.1 Å². The average molecular weight is 1050 g/mol. The predicted octanol–water partition coefficient (Wildman–Crippen LogP) is 19.0. The number of anilines is 4. The van der Waals surface area contributed by atoms with Crippen molar-refractivity contribution in [3.05, 3.63) is 305 Å². The second kappa shape index (κ2) is 19.9. The Bertz CT molecular complexity index is 4080. The largest absolute Gasteiger partial charge is 0.457 e. The van der Waals surface area contributed by atoms with Crippen molar-refractivity contribution in [1.29, 1.82) is 0 Å². The molecule has 5 heteroatoms. The van der Waals surface area contributed by atoms with Gasteiger partial charge in [0.25, 0.3) is 0 Å². The number of ether oxygens (including phenoxy) is 2. The molecule has 11 aromatic carbocycles. The van der Waals surface area contributed by atoms with Crippen molar-refractivity contribution in [1.82, 2.24) is 0 Å². The number of hydrogen-bond donors (Lipinski definition) is 0. The van der Waals surface area contributed by atoms with Gasteiger partial charge in [0.1, 0.15) is 23.0 Å². The maximum atomic E-state index is 6.37. The molecule has 14 rings (SSSR count). The molecule has 11 aromatic rings. The Morgan fingerprint density at radius 1 is 0.438 bits per heavy atom. The molecule has 388 valence electrons. The summed E-state index contributed by atoms with van der Waals surface area (Å²) < 4.78 is 12.7. The van der Waals surface area contributed by atoms with Crippen LogP contribution in [0.5, 0.6) is 23.0 Å². The third-order valence-electron chi connectivity index (χ3n) is 16.9. The average Bonchev–Trinajstić information content (AvgIpc) is 2.81. The first-order valence-electron chi connectivity index (χ1n) is 28.2. The summed E-state index contributed by atoms with van der Waals surface area (Å²) in [6.07, 6.45) is 6.37. The Balaban J connectivity index is 0.842. The minimum atomic E-state index is -1.46. The van der Waals surface area contributed by atoms with Crippen LogP contribution in [-0.2, 0) is 18.3 Å². The number of nitrogens with zero attached hydrogens (tertiary/aromatic N) is 2. The van der Waals surface area contributed by atoms with Gasteiger partial charge in [0, 0.05) is 34.2 Å². The maximum Gasteiger partial charge on any atom is 0.127 e. The summed E-state index contributed by atoms with van der Waals surface area (Å²) in [6, 6.07) is 93.5. The zero-order valence-electron chi connectivity index (χ0n) is 45.7. The van der Waals surface area contributed by atoms with Crippen LogP contribution < -0.4 is 24.5 Å². The molecule has 80 heavy (non-hydrogen) atoms. The third-order valence-corrected chi connectivity index (χ3v) is 18.9. The lowest BCUT2D eigenvalue weighted by atomic mass is 9.67. The van der Waals surface area contributed by atoms with Crippen molar-refractivity contribution in [3.8, 4) is 34.1 Å². The lowest BCUT2D eigenvalue weighted by Gasteiger charge is -2.35. The van der Waals surface area contributed by atoms with E-state index in [0.717, 1.165) is 47.0 Å².